The van der Waals surface area contributed by atoms with Gasteiger partial charge in [0.2, 0.25) is 5.95 Å². The van der Waals surface area contributed by atoms with Gasteiger partial charge in [-0.3, -0.25) is 4.90 Å². The highest BCUT2D eigenvalue weighted by atomic mass is 15.3. The molecule has 1 aliphatic heterocycles. The highest BCUT2D eigenvalue weighted by molar-refractivity contribution is 5.30. The van der Waals surface area contributed by atoms with E-state index in [9.17, 15) is 0 Å². The summed E-state index contributed by atoms with van der Waals surface area (Å²) in [6.45, 7) is 8.94. The van der Waals surface area contributed by atoms with Crippen LogP contribution < -0.4 is 10.6 Å². The molecule has 17 heavy (non-hydrogen) atoms. The standard InChI is InChI=1S/C12H21N5/c1-10-3-4-14-12(15-10)17-7-5-16(6-8-17)11(2)9-13/h3-4,11H,5-9,13H2,1-2H3. The molecule has 1 aliphatic rings. The number of nitrogens with zero attached hydrogens (tertiary/aromatic N) is 4. The maximum atomic E-state index is 5.69. The topological polar surface area (TPSA) is 58.3 Å². The van der Waals surface area contributed by atoms with Crippen molar-refractivity contribution in [2.45, 2.75) is 19.9 Å². The summed E-state index contributed by atoms with van der Waals surface area (Å²) in [6, 6.07) is 2.39. The predicted molar refractivity (Wildman–Crippen MR) is 69.1 cm³/mol. The Bertz CT molecular complexity index is 360. The van der Waals surface area contributed by atoms with Gasteiger partial charge >= 0.3 is 0 Å². The van der Waals surface area contributed by atoms with E-state index < -0.39 is 0 Å². The number of hydrogen-bond donors (Lipinski definition) is 1. The van der Waals surface area contributed by atoms with E-state index in [4.69, 9.17) is 5.73 Å². The van der Waals surface area contributed by atoms with Crippen molar-refractivity contribution in [3.8, 4) is 0 Å². The van der Waals surface area contributed by atoms with Crippen LogP contribution in [0.4, 0.5) is 5.95 Å². The van der Waals surface area contributed by atoms with E-state index in [2.05, 4.69) is 26.7 Å². The lowest BCUT2D eigenvalue weighted by atomic mass is 10.2. The quantitative estimate of drug-likeness (QED) is 0.814. The number of aryl methyl sites for hydroxylation is 1. The Morgan fingerprint density at radius 3 is 2.65 bits per heavy atom. The summed E-state index contributed by atoms with van der Waals surface area (Å²) in [5, 5.41) is 0. The summed E-state index contributed by atoms with van der Waals surface area (Å²) < 4.78 is 0. The highest BCUT2D eigenvalue weighted by Crippen LogP contribution is 2.12. The van der Waals surface area contributed by atoms with Crippen molar-refractivity contribution in [2.24, 2.45) is 5.73 Å². The lowest BCUT2D eigenvalue weighted by Crippen LogP contribution is -2.51. The fourth-order valence-electron chi connectivity index (χ4n) is 2.10. The molecule has 0 amide bonds. The molecule has 0 spiro atoms. The molecule has 2 N–H and O–H groups in total. The largest absolute Gasteiger partial charge is 0.338 e. The van der Waals surface area contributed by atoms with Crippen molar-refractivity contribution in [3.05, 3.63) is 18.0 Å². The first kappa shape index (κ1) is 12.3. The minimum atomic E-state index is 0.468. The average molecular weight is 235 g/mol. The normalized spacial score (nSPS) is 19.4. The molecule has 2 heterocycles. The van der Waals surface area contributed by atoms with Crippen LogP contribution in [0.25, 0.3) is 0 Å². The third kappa shape index (κ3) is 2.92. The van der Waals surface area contributed by atoms with Gasteiger partial charge in [0.25, 0.3) is 0 Å². The Morgan fingerprint density at radius 2 is 2.06 bits per heavy atom. The minimum Gasteiger partial charge on any atom is -0.338 e. The summed E-state index contributed by atoms with van der Waals surface area (Å²) in [6.07, 6.45) is 1.83. The van der Waals surface area contributed by atoms with Gasteiger partial charge in [-0.05, 0) is 19.9 Å². The zero-order valence-corrected chi connectivity index (χ0v) is 10.6. The molecule has 1 fully saturated rings. The number of rotatable bonds is 3. The second kappa shape index (κ2) is 5.42. The van der Waals surface area contributed by atoms with Gasteiger partial charge in [-0.25, -0.2) is 9.97 Å². The van der Waals surface area contributed by atoms with Gasteiger partial charge in [-0.1, -0.05) is 0 Å². The Morgan fingerprint density at radius 1 is 1.35 bits per heavy atom. The van der Waals surface area contributed by atoms with Crippen LogP contribution in [0.15, 0.2) is 12.3 Å². The maximum absolute atomic E-state index is 5.69. The van der Waals surface area contributed by atoms with Crippen LogP contribution >= 0.6 is 0 Å². The van der Waals surface area contributed by atoms with E-state index in [-0.39, 0.29) is 0 Å². The van der Waals surface area contributed by atoms with Crippen LogP contribution in [0.1, 0.15) is 12.6 Å². The summed E-state index contributed by atoms with van der Waals surface area (Å²) in [4.78, 5) is 13.4. The molecular formula is C12H21N5. The third-order valence-corrected chi connectivity index (χ3v) is 3.34. The molecule has 0 bridgehead atoms. The van der Waals surface area contributed by atoms with E-state index in [1.807, 2.05) is 19.2 Å². The first-order valence-electron chi connectivity index (χ1n) is 6.19. The lowest BCUT2D eigenvalue weighted by Gasteiger charge is -2.37. The Hall–Kier alpha value is -1.20. The van der Waals surface area contributed by atoms with Crippen LogP contribution in [-0.2, 0) is 0 Å². The predicted octanol–water partition coefficient (Wildman–Crippen LogP) is 0.254. The van der Waals surface area contributed by atoms with Gasteiger partial charge in [-0.15, -0.1) is 0 Å². The summed E-state index contributed by atoms with van der Waals surface area (Å²) >= 11 is 0. The van der Waals surface area contributed by atoms with E-state index in [1.165, 1.54) is 0 Å². The molecule has 0 radical (unpaired) electrons. The van der Waals surface area contributed by atoms with Crippen molar-refractivity contribution in [1.29, 1.82) is 0 Å². The second-order valence-corrected chi connectivity index (χ2v) is 4.61. The molecule has 0 aliphatic carbocycles. The van der Waals surface area contributed by atoms with Gasteiger partial charge in [-0.2, -0.15) is 0 Å². The molecule has 1 aromatic rings. The van der Waals surface area contributed by atoms with Gasteiger partial charge < -0.3 is 10.6 Å². The maximum Gasteiger partial charge on any atom is 0.225 e. The lowest BCUT2D eigenvalue weighted by molar-refractivity contribution is 0.200. The second-order valence-electron chi connectivity index (χ2n) is 4.61. The molecule has 1 unspecified atom stereocenters. The molecule has 5 nitrogen and oxygen atoms in total. The fraction of sp³-hybridized carbons (Fsp3) is 0.667. The minimum absolute atomic E-state index is 0.468. The van der Waals surface area contributed by atoms with Gasteiger partial charge in [0.15, 0.2) is 0 Å². The van der Waals surface area contributed by atoms with Crippen LogP contribution in [-0.4, -0.2) is 53.6 Å². The van der Waals surface area contributed by atoms with E-state index in [1.54, 1.807) is 0 Å². The Labute approximate surface area is 103 Å². The Kier molecular flexibility index (Phi) is 3.91. The zero-order chi connectivity index (χ0) is 12.3. The van der Waals surface area contributed by atoms with Crippen molar-refractivity contribution in [3.63, 3.8) is 0 Å². The summed E-state index contributed by atoms with van der Waals surface area (Å²) in [5.41, 5.74) is 6.71. The van der Waals surface area contributed by atoms with Crippen molar-refractivity contribution in [1.82, 2.24) is 14.9 Å². The highest BCUT2D eigenvalue weighted by Gasteiger charge is 2.21. The van der Waals surface area contributed by atoms with Crippen molar-refractivity contribution >= 4 is 5.95 Å². The molecule has 94 valence electrons. The van der Waals surface area contributed by atoms with E-state index in [0.29, 0.717) is 6.04 Å². The number of piperazine rings is 1. The summed E-state index contributed by atoms with van der Waals surface area (Å²) in [5.74, 6) is 0.852. The number of aromatic nitrogens is 2. The molecule has 0 aromatic carbocycles. The van der Waals surface area contributed by atoms with Crippen LogP contribution in [0.2, 0.25) is 0 Å². The number of anilines is 1. The fourth-order valence-corrected chi connectivity index (χ4v) is 2.10. The van der Waals surface area contributed by atoms with Crippen LogP contribution in [0.3, 0.4) is 0 Å². The smallest absolute Gasteiger partial charge is 0.225 e. The zero-order valence-electron chi connectivity index (χ0n) is 10.6. The van der Waals surface area contributed by atoms with Gasteiger partial charge in [0.1, 0.15) is 0 Å². The van der Waals surface area contributed by atoms with Crippen molar-refractivity contribution < 1.29 is 0 Å². The molecule has 5 heteroatoms. The van der Waals surface area contributed by atoms with E-state index >= 15 is 0 Å². The third-order valence-electron chi connectivity index (χ3n) is 3.34. The number of nitrogens with two attached hydrogens (primary N) is 1. The molecular weight excluding hydrogens is 214 g/mol. The van der Waals surface area contributed by atoms with Crippen LogP contribution in [0, 0.1) is 6.92 Å². The molecule has 0 saturated carbocycles. The average Bonchev–Trinajstić information content (AvgIpc) is 2.38. The first-order chi connectivity index (χ1) is 8.20. The van der Waals surface area contributed by atoms with E-state index in [0.717, 1.165) is 44.4 Å². The Balaban J connectivity index is 1.95. The van der Waals surface area contributed by atoms with Gasteiger partial charge in [0, 0.05) is 50.7 Å². The molecule has 1 saturated heterocycles. The molecule has 1 aromatic heterocycles. The number of hydrogen-bond acceptors (Lipinski definition) is 5. The summed E-state index contributed by atoms with van der Waals surface area (Å²) in [7, 11) is 0. The first-order valence-corrected chi connectivity index (χ1v) is 6.19. The van der Waals surface area contributed by atoms with Crippen LogP contribution in [0.5, 0.6) is 0 Å². The van der Waals surface area contributed by atoms with Crippen molar-refractivity contribution in [2.75, 3.05) is 37.6 Å². The SMILES string of the molecule is Cc1ccnc(N2CCN(C(C)CN)CC2)n1. The molecule has 1 atom stereocenters. The van der Waals surface area contributed by atoms with Gasteiger partial charge in [0.05, 0.1) is 0 Å². The molecule has 2 rings (SSSR count). The monoisotopic (exact) mass is 235 g/mol.